The average Bonchev–Trinajstić information content (AvgIpc) is 3.09. The van der Waals surface area contributed by atoms with Gasteiger partial charge in [-0.25, -0.2) is 0 Å². The molecule has 7 heteroatoms. The molecule has 128 valence electrons. The highest BCUT2D eigenvalue weighted by atomic mass is 16.5. The van der Waals surface area contributed by atoms with Gasteiger partial charge in [0.05, 0.1) is 0 Å². The monoisotopic (exact) mass is 329 g/mol. The van der Waals surface area contributed by atoms with Crippen molar-refractivity contribution >= 4 is 11.7 Å². The molecule has 0 spiro atoms. The van der Waals surface area contributed by atoms with E-state index in [0.717, 1.165) is 26.1 Å². The van der Waals surface area contributed by atoms with Crippen LogP contribution in [0.5, 0.6) is 0 Å². The zero-order valence-electron chi connectivity index (χ0n) is 13.9. The van der Waals surface area contributed by atoms with E-state index in [0.29, 0.717) is 18.7 Å². The van der Waals surface area contributed by atoms with E-state index >= 15 is 0 Å². The van der Waals surface area contributed by atoms with Gasteiger partial charge in [-0.15, -0.1) is 0 Å². The molecule has 1 saturated heterocycles. The first-order valence-electron chi connectivity index (χ1n) is 8.21. The molecule has 1 amide bonds. The third kappa shape index (κ3) is 3.80. The zero-order chi connectivity index (χ0) is 16.8. The first kappa shape index (κ1) is 16.6. The van der Waals surface area contributed by atoms with Crippen LogP contribution in [0.25, 0.3) is 0 Å². The van der Waals surface area contributed by atoms with Crippen LogP contribution >= 0.6 is 0 Å². The van der Waals surface area contributed by atoms with Crippen LogP contribution in [0.4, 0.5) is 5.82 Å². The Kier molecular flexibility index (Phi) is 5.22. The summed E-state index contributed by atoms with van der Waals surface area (Å²) in [6.45, 7) is 2.31. The van der Waals surface area contributed by atoms with Gasteiger partial charge in [0.25, 0.3) is 5.91 Å². The number of hydrogen-bond acceptors (Lipinski definition) is 5. The second-order valence-electron chi connectivity index (χ2n) is 5.97. The molecule has 1 fully saturated rings. The maximum Gasteiger partial charge on any atom is 0.257 e. The topological polar surface area (TPSA) is 81.1 Å². The van der Waals surface area contributed by atoms with Crippen molar-refractivity contribution in [1.82, 2.24) is 20.1 Å². The second kappa shape index (κ2) is 7.55. The largest absolute Gasteiger partial charge is 0.368 e. The molecule has 0 radical (unpaired) electrons. The van der Waals surface area contributed by atoms with Crippen LogP contribution in [0, 0.1) is 0 Å². The number of anilines is 1. The van der Waals surface area contributed by atoms with E-state index in [9.17, 15) is 4.79 Å². The molecule has 0 unspecified atom stereocenters. The van der Waals surface area contributed by atoms with Crippen molar-refractivity contribution in [3.05, 3.63) is 42.4 Å². The number of nitrogens with one attached hydrogen (secondary N) is 2. The van der Waals surface area contributed by atoms with Crippen LogP contribution in [0.3, 0.4) is 0 Å². The van der Waals surface area contributed by atoms with Gasteiger partial charge in [-0.3, -0.25) is 14.5 Å². The van der Waals surface area contributed by atoms with E-state index in [1.165, 1.54) is 5.56 Å². The molecule has 3 rings (SSSR count). The number of methoxy groups -OCH3 is 1. The van der Waals surface area contributed by atoms with Crippen LogP contribution in [0.1, 0.15) is 18.4 Å². The van der Waals surface area contributed by atoms with Gasteiger partial charge < -0.3 is 15.4 Å². The maximum atomic E-state index is 12.6. The molecule has 0 aromatic carbocycles. The van der Waals surface area contributed by atoms with E-state index in [-0.39, 0.29) is 5.91 Å². The molecule has 2 N–H and O–H groups in total. The van der Waals surface area contributed by atoms with Gasteiger partial charge in [-0.1, -0.05) is 0 Å². The fourth-order valence-corrected chi connectivity index (χ4v) is 2.93. The van der Waals surface area contributed by atoms with E-state index in [2.05, 4.69) is 20.7 Å². The SMILES string of the molecule is COC1(C(=O)Nc2ccn(CCc3ccncc3)n2)CCNCC1. The molecule has 0 bridgehead atoms. The number of pyridine rings is 1. The lowest BCUT2D eigenvalue weighted by Gasteiger charge is -2.34. The van der Waals surface area contributed by atoms with Crippen LogP contribution < -0.4 is 10.6 Å². The summed E-state index contributed by atoms with van der Waals surface area (Å²) in [6.07, 6.45) is 7.64. The van der Waals surface area contributed by atoms with Gasteiger partial charge >= 0.3 is 0 Å². The number of amides is 1. The molecule has 0 aliphatic carbocycles. The Morgan fingerprint density at radius 3 is 2.79 bits per heavy atom. The lowest BCUT2D eigenvalue weighted by Crippen LogP contribution is -2.51. The van der Waals surface area contributed by atoms with Crippen molar-refractivity contribution in [2.24, 2.45) is 0 Å². The third-order valence-electron chi connectivity index (χ3n) is 4.48. The summed E-state index contributed by atoms with van der Waals surface area (Å²) >= 11 is 0. The van der Waals surface area contributed by atoms with E-state index < -0.39 is 5.60 Å². The van der Waals surface area contributed by atoms with Crippen LogP contribution in [-0.4, -0.2) is 46.5 Å². The van der Waals surface area contributed by atoms with E-state index in [1.54, 1.807) is 19.5 Å². The lowest BCUT2D eigenvalue weighted by atomic mass is 9.91. The Hall–Kier alpha value is -2.25. The number of aromatic nitrogens is 3. The van der Waals surface area contributed by atoms with Crippen LogP contribution in [-0.2, 0) is 22.5 Å². The predicted molar refractivity (Wildman–Crippen MR) is 90.6 cm³/mol. The number of ether oxygens (including phenoxy) is 1. The predicted octanol–water partition coefficient (Wildman–Crippen LogP) is 1.23. The Bertz CT molecular complexity index is 665. The lowest BCUT2D eigenvalue weighted by molar-refractivity contribution is -0.140. The minimum Gasteiger partial charge on any atom is -0.368 e. The van der Waals surface area contributed by atoms with Gasteiger partial charge in [0.1, 0.15) is 5.60 Å². The van der Waals surface area contributed by atoms with Gasteiger partial charge in [-0.2, -0.15) is 5.10 Å². The molecule has 0 saturated carbocycles. The fraction of sp³-hybridized carbons (Fsp3) is 0.471. The molecule has 3 heterocycles. The highest BCUT2D eigenvalue weighted by Gasteiger charge is 2.39. The summed E-state index contributed by atoms with van der Waals surface area (Å²) in [5.41, 5.74) is 0.450. The maximum absolute atomic E-state index is 12.6. The number of hydrogen-bond donors (Lipinski definition) is 2. The highest BCUT2D eigenvalue weighted by molar-refractivity contribution is 5.96. The van der Waals surface area contributed by atoms with Crippen molar-refractivity contribution in [2.75, 3.05) is 25.5 Å². The summed E-state index contributed by atoms with van der Waals surface area (Å²) in [5, 5.41) is 10.6. The minimum absolute atomic E-state index is 0.120. The summed E-state index contributed by atoms with van der Waals surface area (Å²) in [5.74, 6) is 0.440. The number of piperidine rings is 1. The molecule has 0 atom stereocenters. The number of rotatable bonds is 6. The molecule has 2 aromatic rings. The number of carbonyl (C=O) groups excluding carboxylic acids is 1. The fourth-order valence-electron chi connectivity index (χ4n) is 2.93. The summed E-state index contributed by atoms with van der Waals surface area (Å²) in [6, 6.07) is 5.80. The molecule has 2 aromatic heterocycles. The number of aryl methyl sites for hydroxylation is 2. The van der Waals surface area contributed by atoms with E-state index in [1.807, 2.05) is 29.1 Å². The molecule has 24 heavy (non-hydrogen) atoms. The first-order valence-corrected chi connectivity index (χ1v) is 8.21. The average molecular weight is 329 g/mol. The van der Waals surface area contributed by atoms with Gasteiger partial charge in [-0.05, 0) is 50.0 Å². The van der Waals surface area contributed by atoms with Crippen LogP contribution in [0.15, 0.2) is 36.8 Å². The van der Waals surface area contributed by atoms with Gasteiger partial charge in [0, 0.05) is 38.3 Å². The highest BCUT2D eigenvalue weighted by Crippen LogP contribution is 2.24. The smallest absolute Gasteiger partial charge is 0.257 e. The van der Waals surface area contributed by atoms with Crippen molar-refractivity contribution in [3.63, 3.8) is 0 Å². The third-order valence-corrected chi connectivity index (χ3v) is 4.48. The molecular formula is C17H23N5O2. The molecular weight excluding hydrogens is 306 g/mol. The summed E-state index contributed by atoms with van der Waals surface area (Å²) in [4.78, 5) is 16.6. The Morgan fingerprint density at radius 1 is 1.33 bits per heavy atom. The quantitative estimate of drug-likeness (QED) is 0.833. The van der Waals surface area contributed by atoms with Crippen LogP contribution in [0.2, 0.25) is 0 Å². The molecule has 1 aliphatic rings. The summed E-state index contributed by atoms with van der Waals surface area (Å²) < 4.78 is 7.36. The standard InChI is InChI=1S/C17H23N5O2/c1-24-17(6-10-19-11-7-17)16(23)20-15-5-13-22(21-15)12-4-14-2-8-18-9-3-14/h2-3,5,8-9,13,19H,4,6-7,10-12H2,1H3,(H,20,21,23). The first-order chi connectivity index (χ1) is 11.7. The van der Waals surface area contributed by atoms with Crippen molar-refractivity contribution in [1.29, 1.82) is 0 Å². The Balaban J connectivity index is 1.58. The van der Waals surface area contributed by atoms with Crippen molar-refractivity contribution in [2.45, 2.75) is 31.4 Å². The van der Waals surface area contributed by atoms with Crippen molar-refractivity contribution < 1.29 is 9.53 Å². The summed E-state index contributed by atoms with van der Waals surface area (Å²) in [7, 11) is 1.60. The molecule has 1 aliphatic heterocycles. The van der Waals surface area contributed by atoms with Gasteiger partial charge in [0.2, 0.25) is 0 Å². The number of nitrogens with zero attached hydrogens (tertiary/aromatic N) is 3. The van der Waals surface area contributed by atoms with Crippen molar-refractivity contribution in [3.8, 4) is 0 Å². The Morgan fingerprint density at radius 2 is 2.08 bits per heavy atom. The normalized spacial score (nSPS) is 16.7. The second-order valence-corrected chi connectivity index (χ2v) is 5.97. The Labute approximate surface area is 141 Å². The minimum atomic E-state index is -0.758. The zero-order valence-corrected chi connectivity index (χ0v) is 13.9. The number of carbonyl (C=O) groups is 1. The van der Waals surface area contributed by atoms with Gasteiger partial charge in [0.15, 0.2) is 5.82 Å². The van der Waals surface area contributed by atoms with E-state index in [4.69, 9.17) is 4.74 Å². The molecule has 7 nitrogen and oxygen atoms in total.